The van der Waals surface area contributed by atoms with Gasteiger partial charge in [0.05, 0.1) is 18.9 Å². The third-order valence-electron chi connectivity index (χ3n) is 3.90. The third-order valence-corrected chi connectivity index (χ3v) is 4.61. The lowest BCUT2D eigenvalue weighted by Gasteiger charge is -2.16. The van der Waals surface area contributed by atoms with Crippen LogP contribution in [0.5, 0.6) is 0 Å². The molecular weight excluding hydrogens is 469 g/mol. The van der Waals surface area contributed by atoms with Gasteiger partial charge in [-0.25, -0.2) is 4.79 Å². The number of benzene rings is 1. The lowest BCUT2D eigenvalue weighted by molar-refractivity contribution is -0.143. The van der Waals surface area contributed by atoms with Crippen molar-refractivity contribution in [2.75, 3.05) is 0 Å². The van der Waals surface area contributed by atoms with Crippen LogP contribution in [0.15, 0.2) is 23.2 Å². The second kappa shape index (κ2) is 12.6. The number of hydrogen-bond acceptors (Lipinski definition) is 6. The maximum atomic E-state index is 12.0. The van der Waals surface area contributed by atoms with Crippen LogP contribution in [0.1, 0.15) is 24.8 Å². The van der Waals surface area contributed by atoms with E-state index in [1.165, 1.54) is 0 Å². The Labute approximate surface area is 191 Å². The summed E-state index contributed by atoms with van der Waals surface area (Å²) in [5, 5.41) is 22.5. The molecule has 0 fully saturated rings. The second-order valence-corrected chi connectivity index (χ2v) is 7.27. The zero-order valence-corrected chi connectivity index (χ0v) is 18.0. The molecule has 0 spiro atoms. The van der Waals surface area contributed by atoms with Crippen LogP contribution in [0.4, 0.5) is 0 Å². The number of aliphatic carboxylic acids is 2. The van der Waals surface area contributed by atoms with E-state index in [2.05, 4.69) is 10.3 Å². The number of nitrogens with zero attached hydrogens (tertiary/aromatic N) is 1. The summed E-state index contributed by atoms with van der Waals surface area (Å²) in [5.74, 6) is -5.83. The molecule has 14 heteroatoms. The van der Waals surface area contributed by atoms with Crippen molar-refractivity contribution < 1.29 is 34.2 Å². The Hall–Kier alpha value is -3.22. The molecule has 0 saturated heterocycles. The molecule has 8 N–H and O–H groups in total. The number of nitrogens with two attached hydrogens (primary N) is 2. The minimum Gasteiger partial charge on any atom is -0.481 e. The van der Waals surface area contributed by atoms with E-state index in [9.17, 15) is 24.0 Å². The Morgan fingerprint density at radius 3 is 2.22 bits per heavy atom. The van der Waals surface area contributed by atoms with Crippen molar-refractivity contribution in [1.29, 1.82) is 0 Å². The Kier molecular flexibility index (Phi) is 10.5. The molecule has 0 aromatic heterocycles. The molecule has 0 radical (unpaired) electrons. The highest BCUT2D eigenvalue weighted by Crippen LogP contribution is 2.24. The van der Waals surface area contributed by atoms with Gasteiger partial charge in [-0.2, -0.15) is 4.99 Å². The monoisotopic (exact) mass is 489 g/mol. The molecular formula is C18H21Cl2N5O7. The molecule has 32 heavy (non-hydrogen) atoms. The zero-order valence-electron chi connectivity index (χ0n) is 16.5. The maximum absolute atomic E-state index is 12.0. The highest BCUT2D eigenvalue weighted by molar-refractivity contribution is 6.36. The van der Waals surface area contributed by atoms with E-state index < -0.39 is 60.5 Å². The van der Waals surface area contributed by atoms with E-state index in [-0.39, 0.29) is 22.9 Å². The number of amides is 3. The molecule has 12 nitrogen and oxygen atoms in total. The molecule has 2 atom stereocenters. The molecule has 0 aliphatic carbocycles. The van der Waals surface area contributed by atoms with Crippen LogP contribution in [-0.2, 0) is 30.4 Å². The first kappa shape index (κ1) is 26.8. The number of halogens is 2. The van der Waals surface area contributed by atoms with Gasteiger partial charge in [-0.3, -0.25) is 24.5 Å². The number of carbonyl (C=O) groups is 5. The number of aliphatic imine (C=N–C) groups is 1. The fourth-order valence-electron chi connectivity index (χ4n) is 2.35. The topological polar surface area (TPSA) is 214 Å². The van der Waals surface area contributed by atoms with Crippen LogP contribution < -0.4 is 22.1 Å². The highest BCUT2D eigenvalue weighted by atomic mass is 35.5. The van der Waals surface area contributed by atoms with Gasteiger partial charge in [-0.1, -0.05) is 29.3 Å². The molecule has 0 heterocycles. The van der Waals surface area contributed by atoms with Crippen molar-refractivity contribution in [3.63, 3.8) is 0 Å². The molecule has 1 aromatic rings. The molecule has 2 unspecified atom stereocenters. The molecule has 174 valence electrons. The first-order valence-electron chi connectivity index (χ1n) is 9.01. The lowest BCUT2D eigenvalue weighted by Crippen LogP contribution is -2.49. The third kappa shape index (κ3) is 9.29. The largest absolute Gasteiger partial charge is 0.481 e. The average Bonchev–Trinajstić information content (AvgIpc) is 2.66. The summed E-state index contributed by atoms with van der Waals surface area (Å²) in [5.41, 5.74) is 11.2. The average molecular weight is 490 g/mol. The van der Waals surface area contributed by atoms with Gasteiger partial charge in [0.2, 0.25) is 23.7 Å². The smallest absolute Gasteiger partial charge is 0.326 e. The SMILES string of the molecule is NC(=NC(=O)CCC(NC(=O)C(N)CC(=O)O)C(=O)O)NC(=O)Cc1c(Cl)cccc1Cl. The molecule has 0 aliphatic heterocycles. The standard InChI is InChI=1S/C18H21Cl2N5O7/c19-9-2-1-3-10(20)8(9)6-14(27)25-18(22)24-13(26)5-4-12(17(31)32)23-16(30)11(21)7-15(28)29/h1-3,11-12H,4-7,21H2,(H,23,30)(H,28,29)(H,31,32)(H3,22,24,25,26,27). The van der Waals surface area contributed by atoms with Crippen LogP contribution in [0.2, 0.25) is 10.0 Å². The number of carboxylic acid groups (broad SMARTS) is 2. The summed E-state index contributed by atoms with van der Waals surface area (Å²) in [6.45, 7) is 0. The Balaban J connectivity index is 2.62. The number of carbonyl (C=O) groups excluding carboxylic acids is 3. The molecule has 0 saturated carbocycles. The Bertz CT molecular complexity index is 918. The van der Waals surface area contributed by atoms with E-state index in [4.69, 9.17) is 44.9 Å². The number of carboxylic acids is 2. The van der Waals surface area contributed by atoms with Gasteiger partial charge in [0, 0.05) is 16.5 Å². The van der Waals surface area contributed by atoms with Crippen molar-refractivity contribution >= 4 is 58.8 Å². The van der Waals surface area contributed by atoms with Gasteiger partial charge in [0.1, 0.15) is 6.04 Å². The van der Waals surface area contributed by atoms with Crippen LogP contribution >= 0.6 is 23.2 Å². The van der Waals surface area contributed by atoms with Gasteiger partial charge in [0.15, 0.2) is 0 Å². The van der Waals surface area contributed by atoms with Gasteiger partial charge < -0.3 is 27.0 Å². The normalized spacial score (nSPS) is 13.0. The number of nitrogens with one attached hydrogen (secondary N) is 2. The van der Waals surface area contributed by atoms with Crippen molar-refractivity contribution in [3.05, 3.63) is 33.8 Å². The van der Waals surface area contributed by atoms with E-state index in [1.807, 2.05) is 5.32 Å². The molecule has 3 amide bonds. The summed E-state index contributed by atoms with van der Waals surface area (Å²) in [6, 6.07) is 1.72. The predicted molar refractivity (Wildman–Crippen MR) is 114 cm³/mol. The van der Waals surface area contributed by atoms with Crippen molar-refractivity contribution in [3.8, 4) is 0 Å². The van der Waals surface area contributed by atoms with E-state index in [0.29, 0.717) is 5.56 Å². The molecule has 1 aromatic carbocycles. The molecule has 0 bridgehead atoms. The fraction of sp³-hybridized carbons (Fsp3) is 0.333. The van der Waals surface area contributed by atoms with Crippen molar-refractivity contribution in [2.45, 2.75) is 37.8 Å². The first-order chi connectivity index (χ1) is 14.9. The zero-order chi connectivity index (χ0) is 24.4. The number of guanidine groups is 1. The van der Waals surface area contributed by atoms with Crippen LogP contribution in [0, 0.1) is 0 Å². The number of hydrogen-bond donors (Lipinski definition) is 6. The van der Waals surface area contributed by atoms with Gasteiger partial charge >= 0.3 is 11.9 Å². The Morgan fingerprint density at radius 1 is 1.09 bits per heavy atom. The summed E-state index contributed by atoms with van der Waals surface area (Å²) >= 11 is 12.0. The van der Waals surface area contributed by atoms with E-state index in [0.717, 1.165) is 0 Å². The molecule has 0 aliphatic rings. The van der Waals surface area contributed by atoms with Gasteiger partial charge in [-0.15, -0.1) is 0 Å². The van der Waals surface area contributed by atoms with Crippen LogP contribution in [0.25, 0.3) is 0 Å². The highest BCUT2D eigenvalue weighted by Gasteiger charge is 2.25. The lowest BCUT2D eigenvalue weighted by atomic mass is 10.1. The summed E-state index contributed by atoms with van der Waals surface area (Å²) in [6.07, 6.45) is -1.75. The van der Waals surface area contributed by atoms with Gasteiger partial charge in [0.25, 0.3) is 0 Å². The van der Waals surface area contributed by atoms with Crippen LogP contribution in [0.3, 0.4) is 0 Å². The van der Waals surface area contributed by atoms with E-state index in [1.54, 1.807) is 18.2 Å². The predicted octanol–water partition coefficient (Wildman–Crippen LogP) is -0.355. The maximum Gasteiger partial charge on any atom is 0.326 e. The minimum atomic E-state index is -1.51. The van der Waals surface area contributed by atoms with Crippen LogP contribution in [-0.4, -0.2) is 57.9 Å². The fourth-order valence-corrected chi connectivity index (χ4v) is 2.88. The Morgan fingerprint density at radius 2 is 1.69 bits per heavy atom. The van der Waals surface area contributed by atoms with E-state index >= 15 is 0 Å². The number of rotatable bonds is 10. The summed E-state index contributed by atoms with van der Waals surface area (Å²) in [4.78, 5) is 61.0. The van der Waals surface area contributed by atoms with Crippen molar-refractivity contribution in [2.24, 2.45) is 16.5 Å². The van der Waals surface area contributed by atoms with Crippen molar-refractivity contribution in [1.82, 2.24) is 10.6 Å². The quantitative estimate of drug-likeness (QED) is 0.186. The second-order valence-electron chi connectivity index (χ2n) is 6.46. The first-order valence-corrected chi connectivity index (χ1v) is 9.76. The molecule has 1 rings (SSSR count). The minimum absolute atomic E-state index is 0.230. The van der Waals surface area contributed by atoms with Gasteiger partial charge in [-0.05, 0) is 24.1 Å². The summed E-state index contributed by atoms with van der Waals surface area (Å²) < 4.78 is 0. The summed E-state index contributed by atoms with van der Waals surface area (Å²) in [7, 11) is 0.